The lowest BCUT2D eigenvalue weighted by Gasteiger charge is -2.19. The van der Waals surface area contributed by atoms with Gasteiger partial charge in [-0.25, -0.2) is 4.79 Å². The van der Waals surface area contributed by atoms with Crippen molar-refractivity contribution in [3.05, 3.63) is 96.1 Å². The van der Waals surface area contributed by atoms with E-state index in [9.17, 15) is 18.8 Å². The van der Waals surface area contributed by atoms with Crippen molar-refractivity contribution in [1.82, 2.24) is 0 Å². The first-order valence-electron chi connectivity index (χ1n) is 8.98. The summed E-state index contributed by atoms with van der Waals surface area (Å²) < 4.78 is 41.0. The molecule has 30 heavy (non-hydrogen) atoms. The molecule has 0 N–H and O–H groups in total. The Morgan fingerprint density at radius 3 is 2.07 bits per heavy atom. The molecule has 0 aromatic heterocycles. The van der Waals surface area contributed by atoms with Gasteiger partial charge in [-0.2, -0.15) is 14.0 Å². The van der Waals surface area contributed by atoms with Gasteiger partial charge in [-0.15, -0.1) is 0 Å². The molecule has 5 nitrogen and oxygen atoms in total. The van der Waals surface area contributed by atoms with Gasteiger partial charge < -0.3 is 14.2 Å². The van der Waals surface area contributed by atoms with Crippen LogP contribution in [-0.2, 0) is 14.3 Å². The molecule has 3 aromatic carbocycles. The molecule has 152 valence electrons. The molecule has 3 aromatic rings. The van der Waals surface area contributed by atoms with E-state index in [1.807, 2.05) is 24.3 Å². The number of rotatable bonds is 8. The van der Waals surface area contributed by atoms with Gasteiger partial charge in [0.25, 0.3) is 0 Å². The maximum Gasteiger partial charge on any atom is 0.346 e. The molecule has 0 aliphatic carbocycles. The van der Waals surface area contributed by atoms with E-state index in [1.165, 1.54) is 12.1 Å². The van der Waals surface area contributed by atoms with Crippen LogP contribution in [0.15, 0.2) is 84.9 Å². The number of carbonyl (C=O) groups excluding carboxylic acids is 1. The first kappa shape index (κ1) is 21.0. The fourth-order valence-corrected chi connectivity index (χ4v) is 2.71. The van der Waals surface area contributed by atoms with E-state index in [1.54, 1.807) is 54.6 Å². The number of alkyl halides is 2. The summed E-state index contributed by atoms with van der Waals surface area (Å²) in [4.78, 5) is 12.5. The Labute approximate surface area is 172 Å². The Morgan fingerprint density at radius 2 is 1.43 bits per heavy atom. The zero-order chi connectivity index (χ0) is 21.3. The quantitative estimate of drug-likeness (QED) is 0.455. The van der Waals surface area contributed by atoms with Crippen LogP contribution in [0.2, 0.25) is 0 Å². The lowest BCUT2D eigenvalue weighted by molar-refractivity contribution is -0.195. The second-order valence-electron chi connectivity index (χ2n) is 6.12. The van der Waals surface area contributed by atoms with Crippen LogP contribution in [0.3, 0.4) is 0 Å². The summed E-state index contributed by atoms with van der Waals surface area (Å²) in [6.45, 7) is -3.19. The number of nitriles is 1. The zero-order valence-corrected chi connectivity index (χ0v) is 15.7. The maximum absolute atomic E-state index is 12.8. The number of ether oxygens (including phenoxy) is 3. The van der Waals surface area contributed by atoms with E-state index in [0.717, 1.165) is 0 Å². The second-order valence-corrected chi connectivity index (χ2v) is 6.12. The summed E-state index contributed by atoms with van der Waals surface area (Å²) in [7, 11) is 0. The first-order valence-corrected chi connectivity index (χ1v) is 8.98. The van der Waals surface area contributed by atoms with E-state index in [4.69, 9.17) is 9.47 Å². The smallest absolute Gasteiger partial charge is 0.346 e. The molecule has 0 bridgehead atoms. The number of carbonyl (C=O) groups is 1. The summed E-state index contributed by atoms with van der Waals surface area (Å²) in [5, 5.41) is 9.49. The Bertz CT molecular complexity index is 1010. The lowest BCUT2D eigenvalue weighted by Crippen LogP contribution is -2.22. The van der Waals surface area contributed by atoms with Crippen LogP contribution < -0.4 is 4.74 Å². The van der Waals surface area contributed by atoms with Gasteiger partial charge in [-0.3, -0.25) is 0 Å². The molecule has 0 radical (unpaired) electrons. The van der Waals surface area contributed by atoms with Crippen molar-refractivity contribution in [1.29, 1.82) is 5.26 Å². The minimum Gasteiger partial charge on any atom is -0.457 e. The molecule has 2 atom stereocenters. The third-order valence-corrected chi connectivity index (χ3v) is 4.05. The Kier molecular flexibility index (Phi) is 7.09. The normalized spacial score (nSPS) is 12.6. The van der Waals surface area contributed by atoms with Gasteiger partial charge in [0.2, 0.25) is 6.10 Å². The highest BCUT2D eigenvalue weighted by atomic mass is 19.3. The molecule has 0 saturated carbocycles. The molecule has 0 heterocycles. The standard InChI is InChI=1S/C23H17F2NO4/c24-23(25)30-21(16-8-3-1-4-9-16)22(27)29-20(15-26)17-10-7-13-19(14-17)28-18-11-5-2-6-12-18/h1-14,20-21,23H. The average Bonchev–Trinajstić information content (AvgIpc) is 2.77. The summed E-state index contributed by atoms with van der Waals surface area (Å²) >= 11 is 0. The molecule has 0 saturated heterocycles. The number of halogens is 2. The van der Waals surface area contributed by atoms with Crippen LogP contribution in [0.4, 0.5) is 8.78 Å². The third-order valence-electron chi connectivity index (χ3n) is 4.05. The van der Waals surface area contributed by atoms with Crippen LogP contribution in [0.25, 0.3) is 0 Å². The number of nitrogens with zero attached hydrogens (tertiary/aromatic N) is 1. The van der Waals surface area contributed by atoms with Crippen molar-refractivity contribution in [3.63, 3.8) is 0 Å². The van der Waals surface area contributed by atoms with Gasteiger partial charge in [0.05, 0.1) is 0 Å². The second kappa shape index (κ2) is 10.1. The average molecular weight is 409 g/mol. The number of hydrogen-bond donors (Lipinski definition) is 0. The van der Waals surface area contributed by atoms with E-state index in [2.05, 4.69) is 4.74 Å². The molecule has 0 amide bonds. The van der Waals surface area contributed by atoms with Crippen molar-refractivity contribution in [2.24, 2.45) is 0 Å². The zero-order valence-electron chi connectivity index (χ0n) is 15.7. The summed E-state index contributed by atoms with van der Waals surface area (Å²) in [5.41, 5.74) is 0.531. The van der Waals surface area contributed by atoms with Crippen molar-refractivity contribution in [3.8, 4) is 17.6 Å². The highest BCUT2D eigenvalue weighted by Gasteiger charge is 2.29. The number of hydrogen-bond acceptors (Lipinski definition) is 5. The molecular formula is C23H17F2NO4. The molecule has 0 fully saturated rings. The fourth-order valence-electron chi connectivity index (χ4n) is 2.71. The fraction of sp³-hybridized carbons (Fsp3) is 0.130. The van der Waals surface area contributed by atoms with Gasteiger partial charge in [0.15, 0.2) is 6.10 Å². The molecule has 7 heteroatoms. The summed E-state index contributed by atoms with van der Waals surface area (Å²) in [6.07, 6.45) is -2.99. The van der Waals surface area contributed by atoms with E-state index < -0.39 is 24.8 Å². The predicted molar refractivity (Wildman–Crippen MR) is 104 cm³/mol. The Balaban J connectivity index is 1.77. The van der Waals surface area contributed by atoms with Crippen molar-refractivity contribution in [2.75, 3.05) is 0 Å². The van der Waals surface area contributed by atoms with E-state index in [-0.39, 0.29) is 5.56 Å². The molecule has 0 spiro atoms. The van der Waals surface area contributed by atoms with Crippen LogP contribution in [-0.4, -0.2) is 12.6 Å². The van der Waals surface area contributed by atoms with Gasteiger partial charge in [-0.1, -0.05) is 60.7 Å². The monoisotopic (exact) mass is 409 g/mol. The highest BCUT2D eigenvalue weighted by molar-refractivity contribution is 5.77. The van der Waals surface area contributed by atoms with Crippen LogP contribution in [0.5, 0.6) is 11.5 Å². The first-order chi connectivity index (χ1) is 14.6. The molecule has 2 unspecified atom stereocenters. The lowest BCUT2D eigenvalue weighted by atomic mass is 10.1. The molecule has 3 rings (SSSR count). The molecule has 0 aliphatic heterocycles. The largest absolute Gasteiger partial charge is 0.457 e. The van der Waals surface area contributed by atoms with Crippen LogP contribution in [0, 0.1) is 11.3 Å². The number of para-hydroxylation sites is 1. The minimum atomic E-state index is -3.19. The minimum absolute atomic E-state index is 0.195. The third kappa shape index (κ3) is 5.63. The van der Waals surface area contributed by atoms with Crippen LogP contribution >= 0.6 is 0 Å². The van der Waals surface area contributed by atoms with E-state index >= 15 is 0 Å². The van der Waals surface area contributed by atoms with Gasteiger partial charge in [0, 0.05) is 5.56 Å². The maximum atomic E-state index is 12.8. The van der Waals surface area contributed by atoms with E-state index in [0.29, 0.717) is 17.1 Å². The summed E-state index contributed by atoms with van der Waals surface area (Å²) in [6, 6.07) is 25.0. The topological polar surface area (TPSA) is 68.5 Å². The molecular weight excluding hydrogens is 392 g/mol. The van der Waals surface area contributed by atoms with Crippen molar-refractivity contribution < 1.29 is 27.8 Å². The highest BCUT2D eigenvalue weighted by Crippen LogP contribution is 2.29. The number of benzene rings is 3. The van der Waals surface area contributed by atoms with Gasteiger partial charge >= 0.3 is 12.6 Å². The van der Waals surface area contributed by atoms with Gasteiger partial charge in [-0.05, 0) is 29.8 Å². The Morgan fingerprint density at radius 1 is 0.833 bits per heavy atom. The van der Waals surface area contributed by atoms with Crippen molar-refractivity contribution >= 4 is 5.97 Å². The summed E-state index contributed by atoms with van der Waals surface area (Å²) in [5.74, 6) is -0.0736. The number of esters is 1. The molecule has 0 aliphatic rings. The Hall–Kier alpha value is -3.76. The van der Waals surface area contributed by atoms with Crippen LogP contribution in [0.1, 0.15) is 23.3 Å². The predicted octanol–water partition coefficient (Wildman–Crippen LogP) is 5.57. The van der Waals surface area contributed by atoms with Gasteiger partial charge in [0.1, 0.15) is 17.6 Å². The van der Waals surface area contributed by atoms with Crippen molar-refractivity contribution in [2.45, 2.75) is 18.8 Å². The SMILES string of the molecule is N#CC(OC(=O)C(OC(F)F)c1ccccc1)c1cccc(Oc2ccccc2)c1.